The number of phenols is 1. The van der Waals surface area contributed by atoms with Crippen molar-refractivity contribution in [3.63, 3.8) is 0 Å². The first-order valence-electron chi connectivity index (χ1n) is 11.1. The highest BCUT2D eigenvalue weighted by molar-refractivity contribution is 5.75. The highest BCUT2D eigenvalue weighted by Crippen LogP contribution is 2.56. The maximum absolute atomic E-state index is 12.9. The molecule has 1 aromatic heterocycles. The summed E-state index contributed by atoms with van der Waals surface area (Å²) in [6.45, 7) is 9.36. The number of hydrogen-bond donors (Lipinski definition) is 1. The smallest absolute Gasteiger partial charge is 0.329 e. The van der Waals surface area contributed by atoms with Crippen molar-refractivity contribution in [3.8, 4) is 5.75 Å². The van der Waals surface area contributed by atoms with E-state index in [0.29, 0.717) is 18.9 Å². The Morgan fingerprint density at radius 2 is 1.93 bits per heavy atom. The summed E-state index contributed by atoms with van der Waals surface area (Å²) in [6.07, 6.45) is 13.1. The van der Waals surface area contributed by atoms with Crippen molar-refractivity contribution in [2.45, 2.75) is 64.8 Å². The molecule has 30 heavy (non-hydrogen) atoms. The van der Waals surface area contributed by atoms with Crippen LogP contribution in [0.5, 0.6) is 5.75 Å². The Labute approximate surface area is 179 Å². The average Bonchev–Trinajstić information content (AvgIpc) is 3.12. The van der Waals surface area contributed by atoms with Gasteiger partial charge in [0.1, 0.15) is 11.8 Å². The van der Waals surface area contributed by atoms with E-state index in [1.165, 1.54) is 30.4 Å². The summed E-state index contributed by atoms with van der Waals surface area (Å²) in [6, 6.07) is 6.64. The number of nitrogens with zero attached hydrogens (tertiary/aromatic N) is 1. The lowest BCUT2D eigenvalue weighted by atomic mass is 9.53. The summed E-state index contributed by atoms with van der Waals surface area (Å²) in [4.78, 5) is 12.9. The van der Waals surface area contributed by atoms with Gasteiger partial charge in [-0.2, -0.15) is 0 Å². The normalized spacial score (nSPS) is 25.3. The van der Waals surface area contributed by atoms with Gasteiger partial charge in [0, 0.05) is 24.2 Å². The van der Waals surface area contributed by atoms with Crippen LogP contribution in [0.25, 0.3) is 6.08 Å². The van der Waals surface area contributed by atoms with Crippen molar-refractivity contribution in [1.82, 2.24) is 4.57 Å². The number of hydrogen-bond acceptors (Lipinski definition) is 3. The minimum atomic E-state index is -0.424. The first kappa shape index (κ1) is 20.8. The van der Waals surface area contributed by atoms with Crippen LogP contribution in [-0.2, 0) is 21.4 Å². The lowest BCUT2D eigenvalue weighted by Gasteiger charge is -2.51. The maximum atomic E-state index is 12.9. The van der Waals surface area contributed by atoms with Gasteiger partial charge in [-0.3, -0.25) is 0 Å². The van der Waals surface area contributed by atoms with Gasteiger partial charge in [-0.25, -0.2) is 4.79 Å². The monoisotopic (exact) mass is 407 g/mol. The molecule has 2 aromatic rings. The molecule has 1 aromatic carbocycles. The number of fused-ring (bicyclic) bond motifs is 3. The molecule has 0 aliphatic heterocycles. The van der Waals surface area contributed by atoms with Gasteiger partial charge in [-0.05, 0) is 59.9 Å². The van der Waals surface area contributed by atoms with Crippen LogP contribution in [0.15, 0.2) is 42.7 Å². The zero-order valence-corrected chi connectivity index (χ0v) is 18.5. The van der Waals surface area contributed by atoms with Gasteiger partial charge in [0.2, 0.25) is 0 Å². The number of carbonyl (C=O) groups excluding carboxylic acids is 1. The van der Waals surface area contributed by atoms with Crippen LogP contribution in [0.4, 0.5) is 0 Å². The van der Waals surface area contributed by atoms with Crippen molar-refractivity contribution in [3.05, 3.63) is 59.4 Å². The molecule has 4 rings (SSSR count). The van der Waals surface area contributed by atoms with Gasteiger partial charge in [0.25, 0.3) is 0 Å². The van der Waals surface area contributed by atoms with E-state index in [4.69, 9.17) is 4.74 Å². The largest absolute Gasteiger partial charge is 0.508 e. The van der Waals surface area contributed by atoms with Gasteiger partial charge >= 0.3 is 5.97 Å². The van der Waals surface area contributed by atoms with Crippen molar-refractivity contribution in [1.29, 1.82) is 0 Å². The Morgan fingerprint density at radius 3 is 2.63 bits per heavy atom. The summed E-state index contributed by atoms with van der Waals surface area (Å²) < 4.78 is 7.47. The maximum Gasteiger partial charge on any atom is 0.329 e. The van der Waals surface area contributed by atoms with Crippen molar-refractivity contribution in [2.24, 2.45) is 11.3 Å². The molecule has 1 unspecified atom stereocenters. The first-order chi connectivity index (χ1) is 14.2. The molecule has 0 bridgehead atoms. The second-order valence-electron chi connectivity index (χ2n) is 9.81. The molecule has 2 aliphatic rings. The number of aromatic nitrogens is 1. The van der Waals surface area contributed by atoms with Gasteiger partial charge in [-0.15, -0.1) is 0 Å². The third kappa shape index (κ3) is 3.57. The Bertz CT molecular complexity index is 953. The van der Waals surface area contributed by atoms with Crippen LogP contribution in [0, 0.1) is 11.3 Å². The fraction of sp³-hybridized carbons (Fsp3) is 0.500. The number of esters is 1. The number of carbonyl (C=O) groups is 1. The van der Waals surface area contributed by atoms with Crippen molar-refractivity contribution >= 4 is 12.0 Å². The molecular formula is C26H33NO3. The Balaban J connectivity index is 1.71. The molecule has 1 saturated carbocycles. The van der Waals surface area contributed by atoms with Crippen LogP contribution in [0.1, 0.15) is 69.7 Å². The number of aromatic hydroxyl groups is 1. The highest BCUT2D eigenvalue weighted by atomic mass is 16.5. The van der Waals surface area contributed by atoms with Gasteiger partial charge < -0.3 is 14.4 Å². The minimum Gasteiger partial charge on any atom is -0.508 e. The zero-order chi connectivity index (χ0) is 21.5. The first-order valence-corrected chi connectivity index (χ1v) is 11.1. The van der Waals surface area contributed by atoms with Gasteiger partial charge in [0.05, 0.1) is 6.61 Å². The molecule has 4 heteroatoms. The standard InChI is InChI=1S/C26H33NO3/c1-5-30-24(29)22(15-18-7-10-20(28)11-8-18)27-16-19-9-12-23-25(2,3)13-6-14-26(23,4)21(19)17-27/h7-12,16-17,22-23,28H,5-6,13-15H2,1-4H3/t22-,23?,26+/m0/s1. The molecule has 3 atom stereocenters. The molecular weight excluding hydrogens is 374 g/mol. The minimum absolute atomic E-state index is 0.0921. The lowest BCUT2D eigenvalue weighted by Crippen LogP contribution is -2.45. The van der Waals surface area contributed by atoms with Crippen LogP contribution < -0.4 is 0 Å². The SMILES string of the molecule is CCOC(=O)[C@H](Cc1ccc(O)cc1)n1cc2c(c1)[C@@]1(C)CCCC(C)(C)C1C=C2. The molecule has 0 radical (unpaired) electrons. The summed E-state index contributed by atoms with van der Waals surface area (Å²) in [7, 11) is 0. The van der Waals surface area contributed by atoms with Gasteiger partial charge in [0.15, 0.2) is 0 Å². The van der Waals surface area contributed by atoms with E-state index in [9.17, 15) is 9.90 Å². The molecule has 1 N–H and O–H groups in total. The number of allylic oxidation sites excluding steroid dienone is 1. The lowest BCUT2D eigenvalue weighted by molar-refractivity contribution is -0.147. The average molecular weight is 408 g/mol. The fourth-order valence-corrected chi connectivity index (χ4v) is 5.74. The number of rotatable bonds is 5. The van der Waals surface area contributed by atoms with E-state index in [1.807, 2.05) is 19.1 Å². The Kier molecular flexibility index (Phi) is 5.29. The van der Waals surface area contributed by atoms with Crippen molar-refractivity contribution in [2.75, 3.05) is 6.61 Å². The molecule has 1 fully saturated rings. The number of ether oxygens (including phenoxy) is 1. The predicted molar refractivity (Wildman–Crippen MR) is 119 cm³/mol. The predicted octanol–water partition coefficient (Wildman–Crippen LogP) is 5.65. The molecule has 4 nitrogen and oxygen atoms in total. The summed E-state index contributed by atoms with van der Waals surface area (Å²) in [5.41, 5.74) is 3.93. The van der Waals surface area contributed by atoms with E-state index >= 15 is 0 Å². The zero-order valence-electron chi connectivity index (χ0n) is 18.5. The van der Waals surface area contributed by atoms with E-state index in [0.717, 1.165) is 5.56 Å². The van der Waals surface area contributed by atoms with Crippen molar-refractivity contribution < 1.29 is 14.6 Å². The molecule has 2 aliphatic carbocycles. The second kappa shape index (κ2) is 7.64. The quantitative estimate of drug-likeness (QED) is 0.652. The molecule has 0 spiro atoms. The van der Waals surface area contributed by atoms with E-state index < -0.39 is 6.04 Å². The number of phenolic OH excluding ortho intramolecular Hbond substituents is 1. The highest BCUT2D eigenvalue weighted by Gasteiger charge is 2.48. The topological polar surface area (TPSA) is 51.5 Å². The van der Waals surface area contributed by atoms with Crippen LogP contribution >= 0.6 is 0 Å². The number of benzene rings is 1. The van der Waals surface area contributed by atoms with Crippen LogP contribution in [-0.4, -0.2) is 22.2 Å². The van der Waals surface area contributed by atoms with E-state index in [1.54, 1.807) is 12.1 Å². The summed E-state index contributed by atoms with van der Waals surface area (Å²) in [5, 5.41) is 9.59. The van der Waals surface area contributed by atoms with Crippen LogP contribution in [0.3, 0.4) is 0 Å². The van der Waals surface area contributed by atoms with Gasteiger partial charge in [-0.1, -0.05) is 51.5 Å². The molecule has 0 saturated heterocycles. The Morgan fingerprint density at radius 1 is 1.20 bits per heavy atom. The molecule has 160 valence electrons. The fourth-order valence-electron chi connectivity index (χ4n) is 5.74. The van der Waals surface area contributed by atoms with E-state index in [2.05, 4.69) is 49.9 Å². The molecule has 0 amide bonds. The second-order valence-corrected chi connectivity index (χ2v) is 9.81. The third-order valence-electron chi connectivity index (χ3n) is 7.29. The van der Waals surface area contributed by atoms with Crippen LogP contribution in [0.2, 0.25) is 0 Å². The molecule has 1 heterocycles. The summed E-state index contributed by atoms with van der Waals surface area (Å²) in [5.74, 6) is 0.514. The Hall–Kier alpha value is -2.49. The van der Waals surface area contributed by atoms with E-state index in [-0.39, 0.29) is 22.5 Å². The summed E-state index contributed by atoms with van der Waals surface area (Å²) >= 11 is 0. The third-order valence-corrected chi connectivity index (χ3v) is 7.29.